The van der Waals surface area contributed by atoms with Crippen LogP contribution in [0.15, 0.2) is 21.6 Å². The minimum absolute atomic E-state index is 0.0339. The smallest absolute Gasteiger partial charge is 0.276 e. The van der Waals surface area contributed by atoms with Gasteiger partial charge in [0.2, 0.25) is 5.09 Å². The third kappa shape index (κ3) is 4.06. The summed E-state index contributed by atoms with van der Waals surface area (Å²) in [6.07, 6.45) is 2.63. The van der Waals surface area contributed by atoms with Crippen molar-refractivity contribution in [3.05, 3.63) is 17.9 Å². The van der Waals surface area contributed by atoms with Crippen LogP contribution in [0.3, 0.4) is 0 Å². The van der Waals surface area contributed by atoms with Crippen LogP contribution in [0, 0.1) is 0 Å². The van der Waals surface area contributed by atoms with Gasteiger partial charge in [0.05, 0.1) is 12.6 Å². The van der Waals surface area contributed by atoms with Gasteiger partial charge < -0.3 is 14.5 Å². The lowest BCUT2D eigenvalue weighted by molar-refractivity contribution is 0.0601. The molecule has 1 aromatic heterocycles. The molecule has 2 rings (SSSR count). The molecule has 0 spiro atoms. The van der Waals surface area contributed by atoms with E-state index in [0.717, 1.165) is 25.8 Å². The van der Waals surface area contributed by atoms with Gasteiger partial charge in [-0.2, -0.15) is 4.31 Å². The summed E-state index contributed by atoms with van der Waals surface area (Å²) in [4.78, 5) is 0. The maximum atomic E-state index is 12.5. The van der Waals surface area contributed by atoms with Crippen LogP contribution >= 0.6 is 0 Å². The Morgan fingerprint density at radius 2 is 2.10 bits per heavy atom. The van der Waals surface area contributed by atoms with Gasteiger partial charge in [-0.05, 0) is 37.9 Å². The summed E-state index contributed by atoms with van der Waals surface area (Å²) in [5.74, 6) is 0.647. The van der Waals surface area contributed by atoms with Crippen LogP contribution in [0.5, 0.6) is 0 Å². The lowest BCUT2D eigenvalue weighted by atomic mass is 10.1. The third-order valence-corrected chi connectivity index (χ3v) is 5.46. The summed E-state index contributed by atoms with van der Waals surface area (Å²) in [5, 5.41) is 3.22. The molecular formula is C14H24N2O4S. The van der Waals surface area contributed by atoms with E-state index in [2.05, 4.69) is 12.2 Å². The van der Waals surface area contributed by atoms with Gasteiger partial charge in [-0.15, -0.1) is 0 Å². The number of sulfonamides is 1. The molecule has 1 N–H and O–H groups in total. The molecule has 0 amide bonds. The van der Waals surface area contributed by atoms with Crippen molar-refractivity contribution >= 4 is 10.0 Å². The Balaban J connectivity index is 1.99. The maximum Gasteiger partial charge on any atom is 0.276 e. The minimum atomic E-state index is -3.52. The van der Waals surface area contributed by atoms with Crippen LogP contribution in [0.4, 0.5) is 0 Å². The Hall–Kier alpha value is -0.890. The second kappa shape index (κ2) is 7.40. The quantitative estimate of drug-likeness (QED) is 0.773. The van der Waals surface area contributed by atoms with E-state index >= 15 is 0 Å². The van der Waals surface area contributed by atoms with E-state index < -0.39 is 10.0 Å². The average Bonchev–Trinajstić information content (AvgIpc) is 2.97. The van der Waals surface area contributed by atoms with Crippen LogP contribution in [-0.2, 0) is 21.3 Å². The molecular weight excluding hydrogens is 292 g/mol. The van der Waals surface area contributed by atoms with Gasteiger partial charge in [0.15, 0.2) is 0 Å². The number of hydrogen-bond acceptors (Lipinski definition) is 5. The first-order valence-corrected chi connectivity index (χ1v) is 8.84. The van der Waals surface area contributed by atoms with Gasteiger partial charge in [-0.3, -0.25) is 0 Å². The number of nitrogens with one attached hydrogen (secondary N) is 1. The molecule has 1 aromatic rings. The van der Waals surface area contributed by atoms with Crippen molar-refractivity contribution in [2.24, 2.45) is 0 Å². The molecule has 0 saturated carbocycles. The number of hydrogen-bond donors (Lipinski definition) is 1. The van der Waals surface area contributed by atoms with E-state index in [4.69, 9.17) is 9.15 Å². The zero-order valence-electron chi connectivity index (χ0n) is 12.7. The van der Waals surface area contributed by atoms with E-state index in [1.54, 1.807) is 19.2 Å². The predicted molar refractivity (Wildman–Crippen MR) is 79.5 cm³/mol. The lowest BCUT2D eigenvalue weighted by Crippen LogP contribution is -2.40. The summed E-state index contributed by atoms with van der Waals surface area (Å²) in [6, 6.07) is 3.26. The Morgan fingerprint density at radius 1 is 1.38 bits per heavy atom. The summed E-state index contributed by atoms with van der Waals surface area (Å²) in [5.41, 5.74) is 0. The third-order valence-electron chi connectivity index (χ3n) is 3.69. The standard InChI is InChI=1S/C14H24N2O4S/c1-3-8-15-11-13-4-5-14(20-13)21(17,18)16-9-6-12(19-2)7-10-16/h4-5,12,15H,3,6-11H2,1-2H3. The Bertz CT molecular complexity index is 533. The molecule has 21 heavy (non-hydrogen) atoms. The van der Waals surface area contributed by atoms with Crippen molar-refractivity contribution in [3.63, 3.8) is 0 Å². The van der Waals surface area contributed by atoms with Crippen molar-refractivity contribution in [2.75, 3.05) is 26.7 Å². The molecule has 0 unspecified atom stereocenters. The van der Waals surface area contributed by atoms with Crippen LogP contribution in [0.1, 0.15) is 31.9 Å². The van der Waals surface area contributed by atoms with Gasteiger partial charge in [-0.1, -0.05) is 6.92 Å². The van der Waals surface area contributed by atoms with Gasteiger partial charge in [0.25, 0.3) is 10.0 Å². The van der Waals surface area contributed by atoms with Crippen molar-refractivity contribution in [3.8, 4) is 0 Å². The molecule has 0 atom stereocenters. The monoisotopic (exact) mass is 316 g/mol. The molecule has 7 heteroatoms. The highest BCUT2D eigenvalue weighted by atomic mass is 32.2. The van der Waals surface area contributed by atoms with Crippen molar-refractivity contribution in [1.82, 2.24) is 9.62 Å². The van der Waals surface area contributed by atoms with Gasteiger partial charge in [0, 0.05) is 20.2 Å². The molecule has 0 aliphatic carbocycles. The number of piperidine rings is 1. The summed E-state index contributed by atoms with van der Waals surface area (Å²) >= 11 is 0. The lowest BCUT2D eigenvalue weighted by Gasteiger charge is -2.29. The summed E-state index contributed by atoms with van der Waals surface area (Å²) in [6.45, 7) is 4.47. The van der Waals surface area contributed by atoms with Gasteiger partial charge >= 0.3 is 0 Å². The maximum absolute atomic E-state index is 12.5. The molecule has 6 nitrogen and oxygen atoms in total. The molecule has 1 aliphatic rings. The van der Waals surface area contributed by atoms with E-state index in [1.807, 2.05) is 0 Å². The van der Waals surface area contributed by atoms with Crippen molar-refractivity contribution < 1.29 is 17.6 Å². The first kappa shape index (κ1) is 16.5. The normalized spacial score (nSPS) is 18.2. The first-order chi connectivity index (χ1) is 10.1. The second-order valence-corrected chi connectivity index (χ2v) is 7.11. The Kier molecular flexibility index (Phi) is 5.80. The van der Waals surface area contributed by atoms with Crippen molar-refractivity contribution in [2.45, 2.75) is 43.9 Å². The summed E-state index contributed by atoms with van der Waals surface area (Å²) in [7, 11) is -1.86. The molecule has 120 valence electrons. The number of furan rings is 1. The molecule has 1 aliphatic heterocycles. The zero-order chi connectivity index (χ0) is 15.3. The molecule has 0 radical (unpaired) electrons. The topological polar surface area (TPSA) is 71.8 Å². The van der Waals surface area contributed by atoms with E-state index in [1.165, 1.54) is 4.31 Å². The molecule has 2 heterocycles. The molecule has 0 bridgehead atoms. The Labute approximate surface area is 126 Å². The highest BCUT2D eigenvalue weighted by Crippen LogP contribution is 2.23. The fourth-order valence-corrected chi connectivity index (χ4v) is 3.81. The van der Waals surface area contributed by atoms with Crippen LogP contribution < -0.4 is 5.32 Å². The minimum Gasteiger partial charge on any atom is -0.447 e. The zero-order valence-corrected chi connectivity index (χ0v) is 13.5. The van der Waals surface area contributed by atoms with Crippen molar-refractivity contribution in [1.29, 1.82) is 0 Å². The predicted octanol–water partition coefficient (Wildman–Crippen LogP) is 1.58. The SMILES string of the molecule is CCCNCc1ccc(S(=O)(=O)N2CCC(OC)CC2)o1. The molecule has 1 fully saturated rings. The van der Waals surface area contributed by atoms with Crippen LogP contribution in [-0.4, -0.2) is 45.6 Å². The Morgan fingerprint density at radius 3 is 2.71 bits per heavy atom. The van der Waals surface area contributed by atoms with Gasteiger partial charge in [-0.25, -0.2) is 8.42 Å². The number of methoxy groups -OCH3 is 1. The van der Waals surface area contributed by atoms with E-state index in [9.17, 15) is 8.42 Å². The molecule has 0 aromatic carbocycles. The fourth-order valence-electron chi connectivity index (χ4n) is 2.42. The largest absolute Gasteiger partial charge is 0.447 e. The second-order valence-electron chi connectivity index (χ2n) is 5.24. The number of nitrogens with zero attached hydrogens (tertiary/aromatic N) is 1. The number of ether oxygens (including phenoxy) is 1. The number of rotatable bonds is 7. The van der Waals surface area contributed by atoms with Gasteiger partial charge in [0.1, 0.15) is 5.76 Å². The van der Waals surface area contributed by atoms with E-state index in [0.29, 0.717) is 25.4 Å². The highest BCUT2D eigenvalue weighted by Gasteiger charge is 2.31. The average molecular weight is 316 g/mol. The molecule has 1 saturated heterocycles. The van der Waals surface area contributed by atoms with Crippen LogP contribution in [0.2, 0.25) is 0 Å². The summed E-state index contributed by atoms with van der Waals surface area (Å²) < 4.78 is 37.2. The highest BCUT2D eigenvalue weighted by molar-refractivity contribution is 7.89. The first-order valence-electron chi connectivity index (χ1n) is 7.40. The van der Waals surface area contributed by atoms with E-state index in [-0.39, 0.29) is 11.2 Å². The van der Waals surface area contributed by atoms with Crippen LogP contribution in [0.25, 0.3) is 0 Å². The fraction of sp³-hybridized carbons (Fsp3) is 0.714.